The Bertz CT molecular complexity index is 299. The van der Waals surface area contributed by atoms with Crippen LogP contribution in [0.5, 0.6) is 0 Å². The molecule has 1 heterocycles. The Hall–Kier alpha value is 0.0700. The van der Waals surface area contributed by atoms with Gasteiger partial charge in [-0.25, -0.2) is 0 Å². The van der Waals surface area contributed by atoms with Crippen molar-refractivity contribution in [1.29, 1.82) is 0 Å². The number of halogens is 1. The molecule has 0 aromatic carbocycles. The minimum absolute atomic E-state index is 0. The molecule has 1 amide bonds. The van der Waals surface area contributed by atoms with Gasteiger partial charge < -0.3 is 10.6 Å². The topological polar surface area (TPSA) is 46.3 Å². The Morgan fingerprint density at radius 1 is 1.44 bits per heavy atom. The second kappa shape index (κ2) is 6.49. The fraction of sp³-hybridized carbons (Fsp3) is 0.923. The van der Waals surface area contributed by atoms with Crippen molar-refractivity contribution in [1.82, 2.24) is 4.90 Å². The molecule has 1 aliphatic carbocycles. The molecular formula is C13H25ClN2OS. The molecule has 1 saturated heterocycles. The smallest absolute Gasteiger partial charge is 0.222 e. The van der Waals surface area contributed by atoms with Crippen molar-refractivity contribution >= 4 is 30.1 Å². The van der Waals surface area contributed by atoms with Crippen molar-refractivity contribution in [2.24, 2.45) is 11.7 Å². The van der Waals surface area contributed by atoms with Gasteiger partial charge in [-0.2, -0.15) is 11.8 Å². The van der Waals surface area contributed by atoms with Gasteiger partial charge in [0.15, 0.2) is 0 Å². The average molecular weight is 293 g/mol. The molecule has 106 valence electrons. The summed E-state index contributed by atoms with van der Waals surface area (Å²) in [5.41, 5.74) is 6.04. The summed E-state index contributed by atoms with van der Waals surface area (Å²) < 4.78 is 0.214. The third-order valence-electron chi connectivity index (χ3n) is 3.93. The van der Waals surface area contributed by atoms with Crippen molar-refractivity contribution in [2.45, 2.75) is 50.3 Å². The van der Waals surface area contributed by atoms with E-state index >= 15 is 0 Å². The second-order valence-electron chi connectivity index (χ2n) is 5.98. The summed E-state index contributed by atoms with van der Waals surface area (Å²) in [7, 11) is 0. The molecule has 18 heavy (non-hydrogen) atoms. The number of carbonyl (C=O) groups is 1. The number of nitrogens with zero attached hydrogens (tertiary/aromatic N) is 1. The van der Waals surface area contributed by atoms with E-state index in [1.165, 1.54) is 6.42 Å². The Morgan fingerprint density at radius 3 is 2.72 bits per heavy atom. The Morgan fingerprint density at radius 2 is 2.17 bits per heavy atom. The van der Waals surface area contributed by atoms with E-state index in [2.05, 4.69) is 13.8 Å². The van der Waals surface area contributed by atoms with E-state index in [-0.39, 0.29) is 23.2 Å². The summed E-state index contributed by atoms with van der Waals surface area (Å²) in [6.07, 6.45) is 4.10. The van der Waals surface area contributed by atoms with Gasteiger partial charge in [0.05, 0.1) is 0 Å². The van der Waals surface area contributed by atoms with Gasteiger partial charge in [0.25, 0.3) is 0 Å². The van der Waals surface area contributed by atoms with E-state index in [1.807, 2.05) is 16.7 Å². The minimum Gasteiger partial charge on any atom is -0.340 e. The van der Waals surface area contributed by atoms with Gasteiger partial charge in [0.1, 0.15) is 0 Å². The zero-order valence-corrected chi connectivity index (χ0v) is 13.0. The van der Waals surface area contributed by atoms with Gasteiger partial charge in [-0.1, -0.05) is 6.42 Å². The second-order valence-corrected chi connectivity index (χ2v) is 7.78. The molecule has 1 saturated carbocycles. The highest BCUT2D eigenvalue weighted by Gasteiger charge is 2.32. The number of rotatable bonds is 2. The molecular weight excluding hydrogens is 268 g/mol. The van der Waals surface area contributed by atoms with Gasteiger partial charge in [-0.3, -0.25) is 4.79 Å². The van der Waals surface area contributed by atoms with Gasteiger partial charge >= 0.3 is 0 Å². The summed E-state index contributed by atoms with van der Waals surface area (Å²) in [6.45, 7) is 6.24. The van der Waals surface area contributed by atoms with Crippen LogP contribution >= 0.6 is 24.2 Å². The number of hydrogen-bond acceptors (Lipinski definition) is 3. The van der Waals surface area contributed by atoms with Crippen molar-refractivity contribution in [3.63, 3.8) is 0 Å². The molecule has 2 N–H and O–H groups in total. The van der Waals surface area contributed by atoms with Crippen LogP contribution in [0.4, 0.5) is 0 Å². The van der Waals surface area contributed by atoms with Crippen molar-refractivity contribution in [3.8, 4) is 0 Å². The first-order valence-corrected chi connectivity index (χ1v) is 7.64. The molecule has 2 atom stereocenters. The lowest BCUT2D eigenvalue weighted by molar-refractivity contribution is -0.132. The summed E-state index contributed by atoms with van der Waals surface area (Å²) in [5, 5.41) is 0. The summed E-state index contributed by atoms with van der Waals surface area (Å²) in [6, 6.07) is 0.256. The van der Waals surface area contributed by atoms with Crippen LogP contribution < -0.4 is 5.73 Å². The number of hydrogen-bond donors (Lipinski definition) is 1. The highest BCUT2D eigenvalue weighted by molar-refractivity contribution is 8.00. The number of thioether (sulfide) groups is 1. The van der Waals surface area contributed by atoms with Crippen LogP contribution in [0.25, 0.3) is 0 Å². The van der Waals surface area contributed by atoms with Crippen molar-refractivity contribution in [2.75, 3.05) is 18.8 Å². The first-order valence-electron chi connectivity index (χ1n) is 6.65. The number of nitrogens with two attached hydrogens (primary N) is 1. The van der Waals surface area contributed by atoms with E-state index in [4.69, 9.17) is 5.73 Å². The van der Waals surface area contributed by atoms with Gasteiger partial charge in [-0.15, -0.1) is 12.4 Å². The predicted octanol–water partition coefficient (Wildman–Crippen LogP) is 2.28. The molecule has 5 heteroatoms. The number of carbonyl (C=O) groups excluding carboxylic acids is 1. The van der Waals surface area contributed by atoms with Gasteiger partial charge in [-0.05, 0) is 32.6 Å². The fourth-order valence-corrected chi connectivity index (χ4v) is 4.01. The van der Waals surface area contributed by atoms with E-state index in [1.54, 1.807) is 0 Å². The highest BCUT2D eigenvalue weighted by atomic mass is 35.5. The van der Waals surface area contributed by atoms with Crippen molar-refractivity contribution < 1.29 is 4.79 Å². The Labute approximate surface area is 121 Å². The predicted molar refractivity (Wildman–Crippen MR) is 80.3 cm³/mol. The lowest BCUT2D eigenvalue weighted by atomic mass is 9.99. The maximum atomic E-state index is 12.2. The summed E-state index contributed by atoms with van der Waals surface area (Å²) >= 11 is 1.97. The first kappa shape index (κ1) is 16.1. The van der Waals surface area contributed by atoms with E-state index in [0.717, 1.165) is 31.7 Å². The summed E-state index contributed by atoms with van der Waals surface area (Å²) in [4.78, 5) is 14.3. The third-order valence-corrected chi connectivity index (χ3v) is 5.23. The monoisotopic (exact) mass is 292 g/mol. The van der Waals surface area contributed by atoms with Gasteiger partial charge in [0.2, 0.25) is 5.91 Å². The largest absolute Gasteiger partial charge is 0.340 e. The lowest BCUT2D eigenvalue weighted by Crippen LogP contribution is -2.47. The maximum Gasteiger partial charge on any atom is 0.222 e. The van der Waals surface area contributed by atoms with Crippen LogP contribution in [0.1, 0.15) is 39.5 Å². The van der Waals surface area contributed by atoms with Gasteiger partial charge in [0, 0.05) is 36.1 Å². The zero-order valence-electron chi connectivity index (χ0n) is 11.4. The van der Waals surface area contributed by atoms with Crippen LogP contribution in [0, 0.1) is 5.92 Å². The van der Waals surface area contributed by atoms with Crippen LogP contribution in [-0.4, -0.2) is 40.4 Å². The molecule has 1 aliphatic heterocycles. The van der Waals surface area contributed by atoms with Crippen LogP contribution in [0.3, 0.4) is 0 Å². The minimum atomic E-state index is 0. The standard InChI is InChI=1S/C13H24N2OS.ClH/c1-13(2)9-15(6-7-17-13)12(16)8-10-4-3-5-11(10)14;/h10-11H,3-9,14H2,1-2H3;1H/t10-,11+;/m0./s1. The molecule has 2 fully saturated rings. The molecule has 2 aliphatic rings. The van der Waals surface area contributed by atoms with E-state index in [9.17, 15) is 4.79 Å². The van der Waals surface area contributed by atoms with Crippen molar-refractivity contribution in [3.05, 3.63) is 0 Å². The Balaban J connectivity index is 0.00000162. The maximum absolute atomic E-state index is 12.2. The zero-order chi connectivity index (χ0) is 12.5. The molecule has 0 spiro atoms. The summed E-state index contributed by atoms with van der Waals surface area (Å²) in [5.74, 6) is 1.82. The first-order chi connectivity index (χ1) is 7.98. The van der Waals surface area contributed by atoms with E-state index < -0.39 is 0 Å². The number of amides is 1. The van der Waals surface area contributed by atoms with Crippen LogP contribution in [0.15, 0.2) is 0 Å². The average Bonchev–Trinajstić information content (AvgIpc) is 2.63. The van der Waals surface area contributed by atoms with E-state index in [0.29, 0.717) is 18.2 Å². The highest BCUT2D eigenvalue weighted by Crippen LogP contribution is 2.32. The third kappa shape index (κ3) is 4.04. The quantitative estimate of drug-likeness (QED) is 0.849. The molecule has 2 rings (SSSR count). The molecule has 0 radical (unpaired) electrons. The molecule has 0 aromatic heterocycles. The lowest BCUT2D eigenvalue weighted by Gasteiger charge is -2.38. The molecule has 3 nitrogen and oxygen atoms in total. The Kier molecular flexibility index (Phi) is 5.81. The van der Waals surface area contributed by atoms with Crippen LogP contribution in [-0.2, 0) is 4.79 Å². The normalized spacial score (nSPS) is 30.9. The molecule has 0 bridgehead atoms. The SMILES string of the molecule is CC1(C)CN(C(=O)C[C@@H]2CCC[C@H]2N)CCS1.Cl. The molecule has 0 unspecified atom stereocenters. The van der Waals surface area contributed by atoms with Crippen LogP contribution in [0.2, 0.25) is 0 Å². The molecule has 0 aromatic rings. The fourth-order valence-electron chi connectivity index (χ4n) is 2.90.